The van der Waals surface area contributed by atoms with Crippen LogP contribution in [0.3, 0.4) is 0 Å². The largest absolute Gasteiger partial charge is 0.278 e. The van der Waals surface area contributed by atoms with Gasteiger partial charge in [-0.25, -0.2) is 4.98 Å². The molecular weight excluding hydrogens is 378 g/mol. The van der Waals surface area contributed by atoms with Gasteiger partial charge in [0.1, 0.15) is 0 Å². The van der Waals surface area contributed by atoms with Crippen LogP contribution in [0.15, 0.2) is 72.9 Å². The average Bonchev–Trinajstić information content (AvgIpc) is 3.15. The number of amides is 1. The van der Waals surface area contributed by atoms with Gasteiger partial charge in [0.25, 0.3) is 5.91 Å². The lowest BCUT2D eigenvalue weighted by Crippen LogP contribution is -2.30. The van der Waals surface area contributed by atoms with Crippen LogP contribution in [0, 0.1) is 0 Å². The summed E-state index contributed by atoms with van der Waals surface area (Å²) in [6, 6.07) is 21.5. The monoisotopic (exact) mass is 401 g/mol. The quantitative estimate of drug-likeness (QED) is 0.432. The van der Waals surface area contributed by atoms with Crippen LogP contribution in [0.5, 0.6) is 0 Å². The SMILES string of the molecule is CC(C)(C)c1ccc(C(=O)N(Cc2ccccn2)c2nc3ccccc3s2)cc1. The molecule has 0 aliphatic heterocycles. The van der Waals surface area contributed by atoms with E-state index in [1.165, 1.54) is 16.9 Å². The van der Waals surface area contributed by atoms with Crippen molar-refractivity contribution in [3.8, 4) is 0 Å². The Morgan fingerprint density at radius 3 is 2.34 bits per heavy atom. The van der Waals surface area contributed by atoms with E-state index in [1.54, 1.807) is 11.1 Å². The van der Waals surface area contributed by atoms with Gasteiger partial charge in [0.2, 0.25) is 0 Å². The number of carbonyl (C=O) groups excluding carboxylic acids is 1. The van der Waals surface area contributed by atoms with Crippen molar-refractivity contribution in [3.63, 3.8) is 0 Å². The molecule has 0 saturated carbocycles. The molecule has 0 aliphatic rings. The first kappa shape index (κ1) is 19.3. The molecule has 0 bridgehead atoms. The fraction of sp³-hybridized carbons (Fsp3) is 0.208. The molecule has 4 nitrogen and oxygen atoms in total. The van der Waals surface area contributed by atoms with Crippen LogP contribution >= 0.6 is 11.3 Å². The number of nitrogens with zero attached hydrogens (tertiary/aromatic N) is 3. The molecule has 1 amide bonds. The van der Waals surface area contributed by atoms with E-state index in [0.29, 0.717) is 17.2 Å². The molecule has 0 aliphatic carbocycles. The molecule has 0 saturated heterocycles. The van der Waals surface area contributed by atoms with E-state index in [0.717, 1.165) is 15.9 Å². The molecular formula is C24H23N3OS. The first-order valence-electron chi connectivity index (χ1n) is 9.60. The number of hydrogen-bond acceptors (Lipinski definition) is 4. The molecule has 0 N–H and O–H groups in total. The number of carbonyl (C=O) groups is 1. The minimum absolute atomic E-state index is 0.0439. The molecule has 5 heteroatoms. The summed E-state index contributed by atoms with van der Waals surface area (Å²) in [6.45, 7) is 6.87. The van der Waals surface area contributed by atoms with Crippen LogP contribution in [-0.2, 0) is 12.0 Å². The second kappa shape index (κ2) is 7.76. The van der Waals surface area contributed by atoms with Crippen LogP contribution in [0.4, 0.5) is 5.13 Å². The number of benzene rings is 2. The Morgan fingerprint density at radius 1 is 0.966 bits per heavy atom. The lowest BCUT2D eigenvalue weighted by Gasteiger charge is -2.21. The number of thiazole rings is 1. The van der Waals surface area contributed by atoms with Crippen molar-refractivity contribution in [1.29, 1.82) is 0 Å². The molecule has 2 aromatic heterocycles. The molecule has 0 fully saturated rings. The fourth-order valence-corrected chi connectivity index (χ4v) is 4.09. The number of pyridine rings is 1. The summed E-state index contributed by atoms with van der Waals surface area (Å²) in [5.74, 6) is -0.0739. The van der Waals surface area contributed by atoms with Gasteiger partial charge in [0.15, 0.2) is 5.13 Å². The number of hydrogen-bond donors (Lipinski definition) is 0. The fourth-order valence-electron chi connectivity index (χ4n) is 3.12. The molecule has 0 spiro atoms. The zero-order valence-corrected chi connectivity index (χ0v) is 17.6. The maximum Gasteiger partial charge on any atom is 0.260 e. The lowest BCUT2D eigenvalue weighted by atomic mass is 9.86. The third-order valence-corrected chi connectivity index (χ3v) is 5.86. The van der Waals surface area contributed by atoms with Crippen molar-refractivity contribution in [2.75, 3.05) is 4.90 Å². The Hall–Kier alpha value is -3.05. The van der Waals surface area contributed by atoms with Crippen LogP contribution in [0.25, 0.3) is 10.2 Å². The number of anilines is 1. The van der Waals surface area contributed by atoms with Gasteiger partial charge in [-0.05, 0) is 47.4 Å². The van der Waals surface area contributed by atoms with Crippen molar-refractivity contribution in [2.45, 2.75) is 32.7 Å². The Labute approximate surface area is 174 Å². The van der Waals surface area contributed by atoms with Crippen LogP contribution < -0.4 is 4.90 Å². The highest BCUT2D eigenvalue weighted by atomic mass is 32.1. The van der Waals surface area contributed by atoms with E-state index in [9.17, 15) is 4.79 Å². The normalized spacial score (nSPS) is 11.6. The highest BCUT2D eigenvalue weighted by Gasteiger charge is 2.23. The summed E-state index contributed by atoms with van der Waals surface area (Å²) >= 11 is 1.52. The molecule has 4 rings (SSSR count). The van der Waals surface area contributed by atoms with Gasteiger partial charge in [-0.1, -0.05) is 62.4 Å². The lowest BCUT2D eigenvalue weighted by molar-refractivity contribution is 0.0984. The number of aromatic nitrogens is 2. The Kier molecular flexibility index (Phi) is 5.16. The van der Waals surface area contributed by atoms with Gasteiger partial charge < -0.3 is 0 Å². The van der Waals surface area contributed by atoms with Gasteiger partial charge in [-0.3, -0.25) is 14.7 Å². The molecule has 0 atom stereocenters. The summed E-state index contributed by atoms with van der Waals surface area (Å²) in [6.07, 6.45) is 1.74. The third-order valence-electron chi connectivity index (χ3n) is 4.80. The first-order chi connectivity index (χ1) is 13.9. The van der Waals surface area contributed by atoms with Gasteiger partial charge in [0.05, 0.1) is 22.5 Å². The smallest absolute Gasteiger partial charge is 0.260 e. The Bertz CT molecular complexity index is 1100. The second-order valence-corrected chi connectivity index (χ2v) is 9.01. The minimum atomic E-state index is -0.0739. The molecule has 146 valence electrons. The predicted molar refractivity (Wildman–Crippen MR) is 120 cm³/mol. The number of rotatable bonds is 4. The van der Waals surface area contributed by atoms with Gasteiger partial charge >= 0.3 is 0 Å². The van der Waals surface area contributed by atoms with Crippen LogP contribution in [-0.4, -0.2) is 15.9 Å². The standard InChI is InChI=1S/C24H23N3OS/c1-24(2,3)18-13-11-17(12-14-18)22(28)27(16-19-8-6-7-15-25-19)23-26-20-9-4-5-10-21(20)29-23/h4-15H,16H2,1-3H3. The van der Waals surface area contributed by atoms with Crippen molar-refractivity contribution in [3.05, 3.63) is 89.7 Å². The minimum Gasteiger partial charge on any atom is -0.278 e. The third kappa shape index (κ3) is 4.20. The summed E-state index contributed by atoms with van der Waals surface area (Å²) in [4.78, 5) is 24.3. The molecule has 0 radical (unpaired) electrons. The maximum atomic E-state index is 13.5. The van der Waals surface area contributed by atoms with Crippen LogP contribution in [0.1, 0.15) is 42.4 Å². The number of para-hydroxylation sites is 1. The van der Waals surface area contributed by atoms with E-state index < -0.39 is 0 Å². The van der Waals surface area contributed by atoms with E-state index >= 15 is 0 Å². The topological polar surface area (TPSA) is 46.1 Å². The molecule has 0 unspecified atom stereocenters. The molecule has 2 heterocycles. The zero-order valence-electron chi connectivity index (χ0n) is 16.8. The second-order valence-electron chi connectivity index (χ2n) is 8.00. The summed E-state index contributed by atoms with van der Waals surface area (Å²) in [5.41, 5.74) is 3.61. The van der Waals surface area contributed by atoms with E-state index in [2.05, 4.69) is 25.8 Å². The highest BCUT2D eigenvalue weighted by molar-refractivity contribution is 7.22. The Balaban J connectivity index is 1.72. The molecule has 2 aromatic carbocycles. The van der Waals surface area contributed by atoms with Crippen LogP contribution in [0.2, 0.25) is 0 Å². The number of fused-ring (bicyclic) bond motifs is 1. The van der Waals surface area contributed by atoms with Crippen molar-refractivity contribution in [2.24, 2.45) is 0 Å². The maximum absolute atomic E-state index is 13.5. The molecule has 29 heavy (non-hydrogen) atoms. The summed E-state index contributed by atoms with van der Waals surface area (Å²) in [5, 5.41) is 0.682. The Morgan fingerprint density at radius 2 is 1.69 bits per heavy atom. The van der Waals surface area contributed by atoms with E-state index in [-0.39, 0.29) is 11.3 Å². The zero-order chi connectivity index (χ0) is 20.4. The summed E-state index contributed by atoms with van der Waals surface area (Å²) < 4.78 is 1.06. The van der Waals surface area contributed by atoms with Crippen molar-refractivity contribution >= 4 is 32.6 Å². The summed E-state index contributed by atoms with van der Waals surface area (Å²) in [7, 11) is 0. The predicted octanol–water partition coefficient (Wildman–Crippen LogP) is 5.84. The molecule has 4 aromatic rings. The average molecular weight is 402 g/mol. The van der Waals surface area contributed by atoms with Gasteiger partial charge in [0, 0.05) is 11.8 Å². The van der Waals surface area contributed by atoms with E-state index in [4.69, 9.17) is 4.98 Å². The van der Waals surface area contributed by atoms with E-state index in [1.807, 2.05) is 66.7 Å². The van der Waals surface area contributed by atoms with Crippen molar-refractivity contribution < 1.29 is 4.79 Å². The first-order valence-corrected chi connectivity index (χ1v) is 10.4. The van der Waals surface area contributed by atoms with Gasteiger partial charge in [-0.15, -0.1) is 0 Å². The highest BCUT2D eigenvalue weighted by Crippen LogP contribution is 2.31. The van der Waals surface area contributed by atoms with Crippen molar-refractivity contribution in [1.82, 2.24) is 9.97 Å². The van der Waals surface area contributed by atoms with Gasteiger partial charge in [-0.2, -0.15) is 0 Å².